The van der Waals surface area contributed by atoms with E-state index in [4.69, 9.17) is 16.3 Å². The fraction of sp³-hybridized carbons (Fsp3) is 0.150. The molecule has 25 heavy (non-hydrogen) atoms. The van der Waals surface area contributed by atoms with Gasteiger partial charge in [-0.3, -0.25) is 0 Å². The Bertz CT molecular complexity index is 879. The van der Waals surface area contributed by atoms with Gasteiger partial charge in [-0.25, -0.2) is 4.79 Å². The van der Waals surface area contributed by atoms with E-state index in [0.29, 0.717) is 18.1 Å². The Balaban J connectivity index is 1.54. The molecule has 2 N–H and O–H groups in total. The van der Waals surface area contributed by atoms with E-state index in [9.17, 15) is 4.79 Å². The molecule has 128 valence electrons. The van der Waals surface area contributed by atoms with Gasteiger partial charge in [-0.2, -0.15) is 0 Å². The summed E-state index contributed by atoms with van der Waals surface area (Å²) in [5.74, 6) is 0.833. The summed E-state index contributed by atoms with van der Waals surface area (Å²) in [5, 5.41) is 8.60. The molecule has 4 nitrogen and oxygen atoms in total. The zero-order chi connectivity index (χ0) is 17.6. The van der Waals surface area contributed by atoms with Crippen molar-refractivity contribution in [1.29, 1.82) is 0 Å². The molecule has 0 aromatic heterocycles. The molecular weight excluding hydrogens is 336 g/mol. The third-order valence-electron chi connectivity index (χ3n) is 3.93. The van der Waals surface area contributed by atoms with Gasteiger partial charge in [-0.1, -0.05) is 41.9 Å². The van der Waals surface area contributed by atoms with Crippen LogP contribution < -0.4 is 15.4 Å². The SMILES string of the molecule is COc1ccc2cc(CNC(=O)NCc3ccc(Cl)cc3)ccc2c1. The minimum atomic E-state index is -0.204. The first-order valence-corrected chi connectivity index (χ1v) is 8.35. The van der Waals surface area contributed by atoms with Crippen LogP contribution in [0.2, 0.25) is 5.02 Å². The lowest BCUT2D eigenvalue weighted by molar-refractivity contribution is 0.240. The van der Waals surface area contributed by atoms with E-state index in [1.807, 2.05) is 42.5 Å². The Morgan fingerprint density at radius 1 is 0.880 bits per heavy atom. The highest BCUT2D eigenvalue weighted by Gasteiger charge is 2.03. The number of amides is 2. The minimum absolute atomic E-state index is 0.204. The minimum Gasteiger partial charge on any atom is -0.497 e. The molecule has 0 heterocycles. The topological polar surface area (TPSA) is 50.4 Å². The second-order valence-corrected chi connectivity index (χ2v) is 6.15. The van der Waals surface area contributed by atoms with Crippen molar-refractivity contribution in [3.63, 3.8) is 0 Å². The number of methoxy groups -OCH3 is 1. The van der Waals surface area contributed by atoms with Crippen molar-refractivity contribution in [2.45, 2.75) is 13.1 Å². The zero-order valence-corrected chi connectivity index (χ0v) is 14.6. The Labute approximate surface area is 151 Å². The summed E-state index contributed by atoms with van der Waals surface area (Å²) in [5.41, 5.74) is 2.04. The average molecular weight is 355 g/mol. The highest BCUT2D eigenvalue weighted by atomic mass is 35.5. The van der Waals surface area contributed by atoms with E-state index in [1.54, 1.807) is 19.2 Å². The van der Waals surface area contributed by atoms with Crippen LogP contribution in [0.15, 0.2) is 60.7 Å². The second-order valence-electron chi connectivity index (χ2n) is 5.71. The zero-order valence-electron chi connectivity index (χ0n) is 13.9. The fourth-order valence-corrected chi connectivity index (χ4v) is 2.67. The molecule has 2 amide bonds. The maximum atomic E-state index is 11.9. The van der Waals surface area contributed by atoms with E-state index >= 15 is 0 Å². The number of hydrogen-bond donors (Lipinski definition) is 2. The first kappa shape index (κ1) is 17.1. The van der Waals surface area contributed by atoms with Crippen LogP contribution in [-0.2, 0) is 13.1 Å². The van der Waals surface area contributed by atoms with E-state index in [1.165, 1.54) is 0 Å². The quantitative estimate of drug-likeness (QED) is 0.708. The Hall–Kier alpha value is -2.72. The van der Waals surface area contributed by atoms with Crippen LogP contribution in [-0.4, -0.2) is 13.1 Å². The molecule has 3 aromatic rings. The van der Waals surface area contributed by atoms with Gasteiger partial charge in [0.1, 0.15) is 5.75 Å². The van der Waals surface area contributed by atoms with E-state index < -0.39 is 0 Å². The second kappa shape index (κ2) is 7.90. The molecule has 0 atom stereocenters. The molecule has 3 rings (SSSR count). The lowest BCUT2D eigenvalue weighted by atomic mass is 10.1. The van der Waals surface area contributed by atoms with Gasteiger partial charge >= 0.3 is 6.03 Å². The summed E-state index contributed by atoms with van der Waals surface area (Å²) < 4.78 is 5.23. The predicted molar refractivity (Wildman–Crippen MR) is 101 cm³/mol. The van der Waals surface area contributed by atoms with E-state index in [-0.39, 0.29) is 6.03 Å². The number of nitrogens with one attached hydrogen (secondary N) is 2. The number of ether oxygens (including phenoxy) is 1. The smallest absolute Gasteiger partial charge is 0.315 e. The molecule has 0 unspecified atom stereocenters. The number of benzene rings is 3. The van der Waals surface area contributed by atoms with Gasteiger partial charge in [0.25, 0.3) is 0 Å². The van der Waals surface area contributed by atoms with Gasteiger partial charge in [-0.05, 0) is 52.2 Å². The number of halogens is 1. The van der Waals surface area contributed by atoms with Gasteiger partial charge in [0.2, 0.25) is 0 Å². The Morgan fingerprint density at radius 3 is 2.20 bits per heavy atom. The normalized spacial score (nSPS) is 10.5. The summed E-state index contributed by atoms with van der Waals surface area (Å²) in [6.45, 7) is 0.926. The molecule has 0 saturated carbocycles. The van der Waals surface area contributed by atoms with Crippen molar-refractivity contribution in [3.8, 4) is 5.75 Å². The fourth-order valence-electron chi connectivity index (χ4n) is 2.54. The van der Waals surface area contributed by atoms with Gasteiger partial charge in [0.15, 0.2) is 0 Å². The summed E-state index contributed by atoms with van der Waals surface area (Å²) in [6.07, 6.45) is 0. The van der Waals surface area contributed by atoms with Crippen molar-refractivity contribution in [2.75, 3.05) is 7.11 Å². The molecule has 0 radical (unpaired) electrons. The van der Waals surface area contributed by atoms with Crippen molar-refractivity contribution in [1.82, 2.24) is 10.6 Å². The lowest BCUT2D eigenvalue weighted by Gasteiger charge is -2.09. The van der Waals surface area contributed by atoms with Crippen LogP contribution in [0.4, 0.5) is 4.79 Å². The molecule has 0 aliphatic heterocycles. The molecule has 0 saturated heterocycles. The number of carbonyl (C=O) groups is 1. The molecule has 0 fully saturated rings. The Kier molecular flexibility index (Phi) is 5.41. The molecule has 0 spiro atoms. The number of urea groups is 1. The van der Waals surface area contributed by atoms with E-state index in [0.717, 1.165) is 27.6 Å². The highest BCUT2D eigenvalue weighted by molar-refractivity contribution is 6.30. The van der Waals surface area contributed by atoms with E-state index in [2.05, 4.69) is 16.7 Å². The van der Waals surface area contributed by atoms with Crippen molar-refractivity contribution in [3.05, 3.63) is 76.8 Å². The predicted octanol–water partition coefficient (Wildman–Crippen LogP) is 4.50. The van der Waals surface area contributed by atoms with Crippen LogP contribution in [0, 0.1) is 0 Å². The molecule has 0 aliphatic carbocycles. The van der Waals surface area contributed by atoms with Crippen LogP contribution in [0.3, 0.4) is 0 Å². The molecule has 5 heteroatoms. The maximum Gasteiger partial charge on any atom is 0.315 e. The molecule has 0 aliphatic rings. The average Bonchev–Trinajstić information content (AvgIpc) is 2.65. The van der Waals surface area contributed by atoms with Crippen LogP contribution in [0.1, 0.15) is 11.1 Å². The number of hydrogen-bond acceptors (Lipinski definition) is 2. The van der Waals surface area contributed by atoms with Gasteiger partial charge in [-0.15, -0.1) is 0 Å². The van der Waals surface area contributed by atoms with Crippen molar-refractivity contribution < 1.29 is 9.53 Å². The third-order valence-corrected chi connectivity index (χ3v) is 4.18. The summed E-state index contributed by atoms with van der Waals surface area (Å²) in [7, 11) is 1.65. The largest absolute Gasteiger partial charge is 0.497 e. The number of carbonyl (C=O) groups excluding carboxylic acids is 1. The molecule has 0 bridgehead atoms. The maximum absolute atomic E-state index is 11.9. The lowest BCUT2D eigenvalue weighted by Crippen LogP contribution is -2.34. The summed E-state index contributed by atoms with van der Waals surface area (Å²) in [4.78, 5) is 11.9. The van der Waals surface area contributed by atoms with Crippen molar-refractivity contribution in [2.24, 2.45) is 0 Å². The summed E-state index contributed by atoms with van der Waals surface area (Å²) in [6, 6.07) is 19.2. The monoisotopic (exact) mass is 354 g/mol. The first-order chi connectivity index (χ1) is 12.1. The van der Waals surface area contributed by atoms with Crippen molar-refractivity contribution >= 4 is 28.4 Å². The standard InChI is InChI=1S/C20H19ClN2O2/c1-25-19-9-6-16-10-15(2-5-17(16)11-19)13-23-20(24)22-12-14-3-7-18(21)8-4-14/h2-11H,12-13H2,1H3,(H2,22,23,24). The molecular formula is C20H19ClN2O2. The van der Waals surface area contributed by atoms with Gasteiger partial charge < -0.3 is 15.4 Å². The molecule has 3 aromatic carbocycles. The van der Waals surface area contributed by atoms with Gasteiger partial charge in [0, 0.05) is 18.1 Å². The first-order valence-electron chi connectivity index (χ1n) is 7.97. The summed E-state index contributed by atoms with van der Waals surface area (Å²) >= 11 is 5.84. The Morgan fingerprint density at radius 2 is 1.48 bits per heavy atom. The van der Waals surface area contributed by atoms with Crippen LogP contribution >= 0.6 is 11.6 Å². The third kappa shape index (κ3) is 4.64. The van der Waals surface area contributed by atoms with Crippen LogP contribution in [0.5, 0.6) is 5.75 Å². The van der Waals surface area contributed by atoms with Gasteiger partial charge in [0.05, 0.1) is 7.11 Å². The van der Waals surface area contributed by atoms with Crippen LogP contribution in [0.25, 0.3) is 10.8 Å². The number of rotatable bonds is 5. The number of fused-ring (bicyclic) bond motifs is 1. The highest BCUT2D eigenvalue weighted by Crippen LogP contribution is 2.21.